The number of benzene rings is 2. The van der Waals surface area contributed by atoms with Gasteiger partial charge in [0.05, 0.1) is 6.04 Å². The maximum atomic E-state index is 13.2. The molecule has 0 aromatic heterocycles. The summed E-state index contributed by atoms with van der Waals surface area (Å²) in [6.07, 6.45) is 3.72. The molecule has 1 heterocycles. The van der Waals surface area contributed by atoms with Crippen molar-refractivity contribution in [2.24, 2.45) is 0 Å². The Labute approximate surface area is 131 Å². The first-order valence-electron chi connectivity index (χ1n) is 7.89. The van der Waals surface area contributed by atoms with Gasteiger partial charge in [0.2, 0.25) is 0 Å². The zero-order chi connectivity index (χ0) is 15.2. The summed E-state index contributed by atoms with van der Waals surface area (Å²) in [4.78, 5) is 2.41. The third-order valence-corrected chi connectivity index (χ3v) is 4.07. The van der Waals surface area contributed by atoms with E-state index in [-0.39, 0.29) is 11.9 Å². The molecule has 1 aliphatic heterocycles. The molecule has 1 atom stereocenters. The van der Waals surface area contributed by atoms with Gasteiger partial charge in [0.25, 0.3) is 0 Å². The van der Waals surface area contributed by atoms with Crippen molar-refractivity contribution in [2.45, 2.75) is 25.3 Å². The fourth-order valence-electron chi connectivity index (χ4n) is 2.88. The Morgan fingerprint density at radius 1 is 0.864 bits per heavy atom. The van der Waals surface area contributed by atoms with E-state index in [0.717, 1.165) is 24.2 Å². The zero-order valence-corrected chi connectivity index (χ0v) is 12.6. The molecule has 1 nitrogen and oxygen atoms in total. The summed E-state index contributed by atoms with van der Waals surface area (Å²) in [5.41, 5.74) is 2.10. The molecule has 2 heteroatoms. The highest BCUT2D eigenvalue weighted by Gasteiger charge is 2.20. The highest BCUT2D eigenvalue weighted by molar-refractivity contribution is 5.37. The lowest BCUT2D eigenvalue weighted by atomic mass is 10.0. The zero-order valence-electron chi connectivity index (χ0n) is 12.6. The molecule has 0 saturated carbocycles. The van der Waals surface area contributed by atoms with E-state index in [1.165, 1.54) is 31.4 Å². The molecule has 112 valence electrons. The highest BCUT2D eigenvalue weighted by atomic mass is 19.1. The van der Waals surface area contributed by atoms with E-state index in [2.05, 4.69) is 16.7 Å². The Kier molecular flexibility index (Phi) is 4.88. The molecule has 1 saturated heterocycles. The Bertz CT molecular complexity index is 646. The number of hydrogen-bond donors (Lipinski definition) is 0. The average molecular weight is 293 g/mol. The normalized spacial score (nSPS) is 16.6. The largest absolute Gasteiger partial charge is 0.286 e. The lowest BCUT2D eigenvalue weighted by molar-refractivity contribution is 0.197. The molecule has 2 aromatic carbocycles. The van der Waals surface area contributed by atoms with Crippen molar-refractivity contribution in [3.63, 3.8) is 0 Å². The second-order valence-electron chi connectivity index (χ2n) is 5.69. The Balaban J connectivity index is 1.89. The van der Waals surface area contributed by atoms with Crippen molar-refractivity contribution in [1.82, 2.24) is 4.90 Å². The van der Waals surface area contributed by atoms with Crippen LogP contribution >= 0.6 is 0 Å². The molecule has 3 rings (SSSR count). The molecule has 0 amide bonds. The quantitative estimate of drug-likeness (QED) is 0.742. The summed E-state index contributed by atoms with van der Waals surface area (Å²) >= 11 is 0. The van der Waals surface area contributed by atoms with E-state index in [0.29, 0.717) is 0 Å². The number of piperidine rings is 1. The number of rotatable bonds is 2. The summed E-state index contributed by atoms with van der Waals surface area (Å²) in [5.74, 6) is 6.47. The summed E-state index contributed by atoms with van der Waals surface area (Å²) in [6, 6.07) is 16.8. The van der Waals surface area contributed by atoms with Crippen LogP contribution in [0.25, 0.3) is 0 Å². The minimum absolute atomic E-state index is 0.0427. The van der Waals surface area contributed by atoms with Crippen LogP contribution in [-0.2, 0) is 0 Å². The minimum Gasteiger partial charge on any atom is -0.286 e. The number of likely N-dealkylation sites (tertiary alicyclic amines) is 1. The van der Waals surface area contributed by atoms with Gasteiger partial charge in [-0.2, -0.15) is 0 Å². The number of halogens is 1. The molecule has 0 bridgehead atoms. The van der Waals surface area contributed by atoms with Crippen LogP contribution < -0.4 is 0 Å². The maximum Gasteiger partial charge on any atom is 0.123 e. The van der Waals surface area contributed by atoms with Gasteiger partial charge in [-0.15, -0.1) is 0 Å². The number of hydrogen-bond acceptors (Lipinski definition) is 1. The van der Waals surface area contributed by atoms with E-state index in [4.69, 9.17) is 0 Å². The van der Waals surface area contributed by atoms with Gasteiger partial charge in [0.15, 0.2) is 0 Å². The molecule has 2 aromatic rings. The van der Waals surface area contributed by atoms with Crippen LogP contribution in [0.1, 0.15) is 36.4 Å². The molecule has 0 N–H and O–H groups in total. The van der Waals surface area contributed by atoms with Gasteiger partial charge in [-0.05, 0) is 55.8 Å². The van der Waals surface area contributed by atoms with Gasteiger partial charge in [0.1, 0.15) is 5.82 Å². The van der Waals surface area contributed by atoms with Gasteiger partial charge < -0.3 is 0 Å². The lowest BCUT2D eigenvalue weighted by Crippen LogP contribution is -2.33. The van der Waals surface area contributed by atoms with E-state index in [1.54, 1.807) is 0 Å². The smallest absolute Gasteiger partial charge is 0.123 e. The van der Waals surface area contributed by atoms with Crippen molar-refractivity contribution in [2.75, 3.05) is 13.1 Å². The van der Waals surface area contributed by atoms with Crippen LogP contribution in [0.2, 0.25) is 0 Å². The average Bonchev–Trinajstić information content (AvgIpc) is 2.58. The van der Waals surface area contributed by atoms with Crippen molar-refractivity contribution in [3.8, 4) is 11.8 Å². The third-order valence-electron chi connectivity index (χ3n) is 4.07. The fourth-order valence-corrected chi connectivity index (χ4v) is 2.88. The van der Waals surface area contributed by atoms with Crippen molar-refractivity contribution in [3.05, 3.63) is 71.5 Å². The molecular formula is C20H20FN. The summed E-state index contributed by atoms with van der Waals surface area (Å²) in [5, 5.41) is 0. The monoisotopic (exact) mass is 293 g/mol. The third kappa shape index (κ3) is 3.75. The topological polar surface area (TPSA) is 3.24 Å². The molecule has 0 aliphatic carbocycles. The number of nitrogens with zero attached hydrogens (tertiary/aromatic N) is 1. The standard InChI is InChI=1S/C20H20FN/c21-19-12-10-18(11-13-19)20(22-15-5-2-6-16-22)14-9-17-7-3-1-4-8-17/h1,3-4,7-8,10-13,20H,2,5-6,15-16H2. The summed E-state index contributed by atoms with van der Waals surface area (Å²) in [7, 11) is 0. The first kappa shape index (κ1) is 14.8. The molecule has 1 unspecified atom stereocenters. The van der Waals surface area contributed by atoms with Gasteiger partial charge in [0, 0.05) is 5.56 Å². The predicted octanol–water partition coefficient (Wildman–Crippen LogP) is 4.40. The second kappa shape index (κ2) is 7.24. The van der Waals surface area contributed by atoms with Gasteiger partial charge in [-0.1, -0.05) is 48.6 Å². The van der Waals surface area contributed by atoms with Crippen molar-refractivity contribution >= 4 is 0 Å². The lowest BCUT2D eigenvalue weighted by Gasteiger charge is -2.31. The SMILES string of the molecule is Fc1ccc(C(C#Cc2ccccc2)N2CCCCC2)cc1. The van der Waals surface area contributed by atoms with E-state index in [9.17, 15) is 4.39 Å². The van der Waals surface area contributed by atoms with E-state index < -0.39 is 0 Å². The minimum atomic E-state index is -0.197. The molecular weight excluding hydrogens is 273 g/mol. The molecule has 1 fully saturated rings. The van der Waals surface area contributed by atoms with Crippen LogP contribution in [0.5, 0.6) is 0 Å². The Hall–Kier alpha value is -2.11. The summed E-state index contributed by atoms with van der Waals surface area (Å²) < 4.78 is 13.2. The van der Waals surface area contributed by atoms with E-state index in [1.807, 2.05) is 42.5 Å². The van der Waals surface area contributed by atoms with Crippen molar-refractivity contribution < 1.29 is 4.39 Å². The van der Waals surface area contributed by atoms with Gasteiger partial charge in [-0.3, -0.25) is 4.90 Å². The Morgan fingerprint density at radius 2 is 1.55 bits per heavy atom. The fraction of sp³-hybridized carbons (Fsp3) is 0.300. The van der Waals surface area contributed by atoms with Crippen molar-refractivity contribution in [1.29, 1.82) is 0 Å². The van der Waals surface area contributed by atoms with Gasteiger partial charge >= 0.3 is 0 Å². The molecule has 0 spiro atoms. The second-order valence-corrected chi connectivity index (χ2v) is 5.69. The van der Waals surface area contributed by atoms with Crippen LogP contribution in [0.3, 0.4) is 0 Å². The van der Waals surface area contributed by atoms with Crippen LogP contribution in [0.4, 0.5) is 4.39 Å². The molecule has 22 heavy (non-hydrogen) atoms. The Morgan fingerprint density at radius 3 is 2.23 bits per heavy atom. The first-order chi connectivity index (χ1) is 10.8. The van der Waals surface area contributed by atoms with Crippen LogP contribution in [0, 0.1) is 17.7 Å². The van der Waals surface area contributed by atoms with E-state index >= 15 is 0 Å². The van der Waals surface area contributed by atoms with Crippen LogP contribution in [0.15, 0.2) is 54.6 Å². The highest BCUT2D eigenvalue weighted by Crippen LogP contribution is 2.24. The predicted molar refractivity (Wildman–Crippen MR) is 87.9 cm³/mol. The molecule has 1 aliphatic rings. The molecule has 0 radical (unpaired) electrons. The maximum absolute atomic E-state index is 13.2. The summed E-state index contributed by atoms with van der Waals surface area (Å²) in [6.45, 7) is 2.12. The van der Waals surface area contributed by atoms with Crippen LogP contribution in [-0.4, -0.2) is 18.0 Å². The van der Waals surface area contributed by atoms with Gasteiger partial charge in [-0.25, -0.2) is 4.39 Å². The first-order valence-corrected chi connectivity index (χ1v) is 7.89.